The van der Waals surface area contributed by atoms with Crippen molar-refractivity contribution in [1.29, 1.82) is 0 Å². The van der Waals surface area contributed by atoms with Crippen LogP contribution in [0.1, 0.15) is 70.6 Å². The molecule has 0 radical (unpaired) electrons. The second-order valence-electron chi connectivity index (χ2n) is 8.00. The van der Waals surface area contributed by atoms with Crippen LogP contribution in [-0.4, -0.2) is 85.7 Å². The standard InChI is InChI=1S/C21H43N3O2/c1-22(15-13-21(26)24-18-16-23(2)17-19-24)14-11-9-7-5-3-4-6-8-10-12-20-25/h25H,3-20H2,1-2H3. The summed E-state index contributed by atoms with van der Waals surface area (Å²) in [5.74, 6) is 0.323. The first-order chi connectivity index (χ1) is 12.6. The third-order valence-electron chi connectivity index (χ3n) is 5.51. The van der Waals surface area contributed by atoms with Gasteiger partial charge in [0.1, 0.15) is 0 Å². The number of rotatable bonds is 15. The van der Waals surface area contributed by atoms with E-state index in [1.807, 2.05) is 4.90 Å². The van der Waals surface area contributed by atoms with E-state index in [1.54, 1.807) is 0 Å². The van der Waals surface area contributed by atoms with E-state index in [1.165, 1.54) is 57.8 Å². The first-order valence-corrected chi connectivity index (χ1v) is 10.9. The Bertz CT molecular complexity index is 344. The molecule has 26 heavy (non-hydrogen) atoms. The van der Waals surface area contributed by atoms with E-state index >= 15 is 0 Å². The highest BCUT2D eigenvalue weighted by molar-refractivity contribution is 5.76. The molecule has 1 rings (SSSR count). The number of likely N-dealkylation sites (N-methyl/N-ethyl adjacent to an activating group) is 1. The summed E-state index contributed by atoms with van der Waals surface area (Å²) < 4.78 is 0. The van der Waals surface area contributed by atoms with Gasteiger partial charge >= 0.3 is 0 Å². The maximum absolute atomic E-state index is 12.2. The number of hydrogen-bond acceptors (Lipinski definition) is 4. The summed E-state index contributed by atoms with van der Waals surface area (Å²) in [5.41, 5.74) is 0. The van der Waals surface area contributed by atoms with Gasteiger partial charge < -0.3 is 19.8 Å². The Labute approximate surface area is 161 Å². The molecule has 0 aromatic heterocycles. The molecule has 0 aromatic rings. The Morgan fingerprint density at radius 1 is 0.808 bits per heavy atom. The minimum absolute atomic E-state index is 0.323. The molecular weight excluding hydrogens is 326 g/mol. The molecule has 1 heterocycles. The van der Waals surface area contributed by atoms with Gasteiger partial charge in [-0.15, -0.1) is 0 Å². The Balaban J connectivity index is 1.88. The highest BCUT2D eigenvalue weighted by atomic mass is 16.2. The zero-order valence-corrected chi connectivity index (χ0v) is 17.4. The topological polar surface area (TPSA) is 47.0 Å². The van der Waals surface area contributed by atoms with Crippen LogP contribution in [0.4, 0.5) is 0 Å². The molecule has 1 aliphatic rings. The number of carbonyl (C=O) groups excluding carboxylic acids is 1. The number of carbonyl (C=O) groups is 1. The van der Waals surface area contributed by atoms with Crippen molar-refractivity contribution in [2.45, 2.75) is 70.6 Å². The van der Waals surface area contributed by atoms with Crippen LogP contribution >= 0.6 is 0 Å². The molecule has 0 spiro atoms. The van der Waals surface area contributed by atoms with Gasteiger partial charge in [0.05, 0.1) is 0 Å². The van der Waals surface area contributed by atoms with Crippen molar-refractivity contribution in [3.05, 3.63) is 0 Å². The predicted molar refractivity (Wildman–Crippen MR) is 109 cm³/mol. The molecule has 0 aromatic carbocycles. The molecule has 1 fully saturated rings. The molecule has 0 saturated carbocycles. The predicted octanol–water partition coefficient (Wildman–Crippen LogP) is 2.98. The normalized spacial score (nSPS) is 15.8. The Kier molecular flexibility index (Phi) is 13.9. The lowest BCUT2D eigenvalue weighted by atomic mass is 10.1. The average molecular weight is 370 g/mol. The van der Waals surface area contributed by atoms with Crippen molar-refractivity contribution >= 4 is 5.91 Å². The van der Waals surface area contributed by atoms with E-state index in [9.17, 15) is 4.79 Å². The summed E-state index contributed by atoms with van der Waals surface area (Å²) in [4.78, 5) is 18.9. The number of hydrogen-bond donors (Lipinski definition) is 1. The number of nitrogens with zero attached hydrogens (tertiary/aromatic N) is 3. The maximum atomic E-state index is 12.2. The van der Waals surface area contributed by atoms with Crippen LogP contribution in [-0.2, 0) is 4.79 Å². The van der Waals surface area contributed by atoms with E-state index in [4.69, 9.17) is 5.11 Å². The average Bonchev–Trinajstić information content (AvgIpc) is 2.64. The molecule has 1 aliphatic heterocycles. The van der Waals surface area contributed by atoms with Gasteiger partial charge in [-0.05, 0) is 33.5 Å². The van der Waals surface area contributed by atoms with Crippen molar-refractivity contribution in [1.82, 2.24) is 14.7 Å². The maximum Gasteiger partial charge on any atom is 0.223 e. The summed E-state index contributed by atoms with van der Waals surface area (Å²) in [6, 6.07) is 0. The van der Waals surface area contributed by atoms with Crippen molar-refractivity contribution < 1.29 is 9.90 Å². The lowest BCUT2D eigenvalue weighted by Crippen LogP contribution is -2.47. The fourth-order valence-electron chi connectivity index (χ4n) is 3.52. The first kappa shape index (κ1) is 23.4. The van der Waals surface area contributed by atoms with E-state index in [-0.39, 0.29) is 0 Å². The van der Waals surface area contributed by atoms with Gasteiger partial charge in [-0.2, -0.15) is 0 Å². The van der Waals surface area contributed by atoms with Crippen molar-refractivity contribution in [3.63, 3.8) is 0 Å². The van der Waals surface area contributed by atoms with E-state index < -0.39 is 0 Å². The van der Waals surface area contributed by atoms with Gasteiger partial charge in [-0.3, -0.25) is 4.79 Å². The van der Waals surface area contributed by atoms with Crippen molar-refractivity contribution in [3.8, 4) is 0 Å². The van der Waals surface area contributed by atoms with Gasteiger partial charge in [-0.25, -0.2) is 0 Å². The summed E-state index contributed by atoms with van der Waals surface area (Å²) in [6.07, 6.45) is 13.4. The lowest BCUT2D eigenvalue weighted by molar-refractivity contribution is -0.133. The summed E-state index contributed by atoms with van der Waals surface area (Å²) in [6.45, 7) is 6.13. The van der Waals surface area contributed by atoms with Gasteiger partial charge in [0.2, 0.25) is 5.91 Å². The monoisotopic (exact) mass is 369 g/mol. The van der Waals surface area contributed by atoms with E-state index in [0.29, 0.717) is 18.9 Å². The quantitative estimate of drug-likeness (QED) is 0.451. The van der Waals surface area contributed by atoms with Crippen LogP contribution in [0.15, 0.2) is 0 Å². The Morgan fingerprint density at radius 3 is 1.85 bits per heavy atom. The Morgan fingerprint density at radius 2 is 1.31 bits per heavy atom. The fraction of sp³-hybridized carbons (Fsp3) is 0.952. The van der Waals surface area contributed by atoms with Crippen LogP contribution in [0.25, 0.3) is 0 Å². The third kappa shape index (κ3) is 11.9. The third-order valence-corrected chi connectivity index (χ3v) is 5.51. The smallest absolute Gasteiger partial charge is 0.223 e. The van der Waals surface area contributed by atoms with Gasteiger partial charge in [0.15, 0.2) is 0 Å². The lowest BCUT2D eigenvalue weighted by Gasteiger charge is -2.32. The highest BCUT2D eigenvalue weighted by Crippen LogP contribution is 2.11. The molecule has 1 amide bonds. The summed E-state index contributed by atoms with van der Waals surface area (Å²) >= 11 is 0. The minimum Gasteiger partial charge on any atom is -0.396 e. The summed E-state index contributed by atoms with van der Waals surface area (Å²) in [7, 11) is 4.26. The molecule has 0 bridgehead atoms. The first-order valence-electron chi connectivity index (χ1n) is 10.9. The van der Waals surface area contributed by atoms with Crippen molar-refractivity contribution in [2.24, 2.45) is 0 Å². The van der Waals surface area contributed by atoms with Crippen LogP contribution in [0.3, 0.4) is 0 Å². The van der Waals surface area contributed by atoms with Crippen LogP contribution in [0.5, 0.6) is 0 Å². The van der Waals surface area contributed by atoms with Crippen LogP contribution < -0.4 is 0 Å². The molecule has 0 atom stereocenters. The largest absolute Gasteiger partial charge is 0.396 e. The van der Waals surface area contributed by atoms with E-state index in [0.717, 1.165) is 45.7 Å². The molecule has 5 heteroatoms. The molecule has 5 nitrogen and oxygen atoms in total. The Hall–Kier alpha value is -0.650. The second kappa shape index (κ2) is 15.4. The molecule has 1 saturated heterocycles. The number of piperazine rings is 1. The molecule has 154 valence electrons. The van der Waals surface area contributed by atoms with Crippen LogP contribution in [0.2, 0.25) is 0 Å². The van der Waals surface area contributed by atoms with Gasteiger partial charge in [-0.1, -0.05) is 51.4 Å². The second-order valence-corrected chi connectivity index (χ2v) is 8.00. The fourth-order valence-corrected chi connectivity index (χ4v) is 3.52. The minimum atomic E-state index is 0.323. The number of amides is 1. The molecule has 0 unspecified atom stereocenters. The highest BCUT2D eigenvalue weighted by Gasteiger charge is 2.18. The number of unbranched alkanes of at least 4 members (excludes halogenated alkanes) is 9. The SMILES string of the molecule is CN(CCCCCCCCCCCCO)CCC(=O)N1CCN(C)CC1. The molecular formula is C21H43N3O2. The molecule has 1 N–H and O–H groups in total. The number of aliphatic hydroxyl groups excluding tert-OH is 1. The van der Waals surface area contributed by atoms with Crippen LogP contribution in [0, 0.1) is 0 Å². The van der Waals surface area contributed by atoms with E-state index in [2.05, 4.69) is 23.9 Å². The van der Waals surface area contributed by atoms with Crippen molar-refractivity contribution in [2.75, 3.05) is 60.0 Å². The zero-order chi connectivity index (χ0) is 19.0. The van der Waals surface area contributed by atoms with Gasteiger partial charge in [0, 0.05) is 45.8 Å². The number of aliphatic hydroxyl groups is 1. The summed E-state index contributed by atoms with van der Waals surface area (Å²) in [5, 5.41) is 8.73. The van der Waals surface area contributed by atoms with Gasteiger partial charge in [0.25, 0.3) is 0 Å². The molecule has 0 aliphatic carbocycles. The zero-order valence-electron chi connectivity index (χ0n) is 17.4.